The van der Waals surface area contributed by atoms with Crippen molar-refractivity contribution in [3.05, 3.63) is 0 Å². The Bertz CT molecular complexity index is 198. The number of hydrogen-bond donors (Lipinski definition) is 3. The monoisotopic (exact) mass is 173 g/mol. The second-order valence-electron chi connectivity index (χ2n) is 2.79. The molecule has 12 heavy (non-hydrogen) atoms. The first-order valence-corrected chi connectivity index (χ1v) is 3.81. The van der Waals surface area contributed by atoms with Gasteiger partial charge in [0.25, 0.3) is 0 Å². The van der Waals surface area contributed by atoms with Crippen LogP contribution in [0.2, 0.25) is 0 Å². The van der Waals surface area contributed by atoms with Crippen LogP contribution in [-0.4, -0.2) is 40.7 Å². The number of carboxylic acid groups (broad SMARTS) is 1. The van der Waals surface area contributed by atoms with Crippen molar-refractivity contribution in [3.8, 4) is 0 Å². The Balaban J connectivity index is 2.51. The molecule has 1 aliphatic rings. The summed E-state index contributed by atoms with van der Waals surface area (Å²) < 4.78 is 0. The molecule has 1 fully saturated rings. The third kappa shape index (κ3) is 1.80. The Morgan fingerprint density at radius 3 is 2.58 bits per heavy atom. The van der Waals surface area contributed by atoms with E-state index in [4.69, 9.17) is 10.2 Å². The van der Waals surface area contributed by atoms with E-state index in [0.29, 0.717) is 13.0 Å². The molecule has 1 rings (SSSR count). The van der Waals surface area contributed by atoms with Gasteiger partial charge >= 0.3 is 5.97 Å². The first-order valence-electron chi connectivity index (χ1n) is 3.81. The summed E-state index contributed by atoms with van der Waals surface area (Å²) in [4.78, 5) is 21.3. The van der Waals surface area contributed by atoms with Crippen molar-refractivity contribution in [2.75, 3.05) is 6.54 Å². The number of ketones is 1. The van der Waals surface area contributed by atoms with E-state index in [9.17, 15) is 9.59 Å². The van der Waals surface area contributed by atoms with Crippen molar-refractivity contribution in [3.63, 3.8) is 0 Å². The minimum atomic E-state index is -1.87. The van der Waals surface area contributed by atoms with Gasteiger partial charge in [0, 0.05) is 0 Å². The molecule has 1 saturated heterocycles. The van der Waals surface area contributed by atoms with Gasteiger partial charge in [0.2, 0.25) is 6.10 Å². The zero-order chi connectivity index (χ0) is 9.14. The van der Waals surface area contributed by atoms with E-state index in [-0.39, 0.29) is 0 Å². The first kappa shape index (κ1) is 9.15. The fraction of sp³-hybridized carbons (Fsp3) is 0.714. The van der Waals surface area contributed by atoms with Gasteiger partial charge in [-0.3, -0.25) is 4.79 Å². The lowest BCUT2D eigenvalue weighted by Gasteiger charge is -2.10. The highest BCUT2D eigenvalue weighted by atomic mass is 16.4. The Kier molecular flexibility index (Phi) is 2.78. The molecule has 0 aromatic carbocycles. The van der Waals surface area contributed by atoms with E-state index in [1.165, 1.54) is 0 Å². The van der Waals surface area contributed by atoms with Crippen LogP contribution in [-0.2, 0) is 9.59 Å². The van der Waals surface area contributed by atoms with Crippen molar-refractivity contribution in [1.82, 2.24) is 5.32 Å². The van der Waals surface area contributed by atoms with Gasteiger partial charge in [-0.05, 0) is 19.4 Å². The number of carbonyl (C=O) groups excluding carboxylic acids is 1. The minimum Gasteiger partial charge on any atom is -0.479 e. The van der Waals surface area contributed by atoms with E-state index >= 15 is 0 Å². The molecule has 0 saturated carbocycles. The minimum absolute atomic E-state index is 0.476. The summed E-state index contributed by atoms with van der Waals surface area (Å²) in [5.74, 6) is -2.12. The van der Waals surface area contributed by atoms with Crippen LogP contribution in [0.5, 0.6) is 0 Å². The van der Waals surface area contributed by atoms with E-state index in [2.05, 4.69) is 5.32 Å². The Morgan fingerprint density at radius 1 is 1.50 bits per heavy atom. The maximum atomic E-state index is 11.1. The molecule has 0 aliphatic carbocycles. The Morgan fingerprint density at radius 2 is 2.17 bits per heavy atom. The normalized spacial score (nSPS) is 25.2. The second-order valence-corrected chi connectivity index (χ2v) is 2.79. The molecule has 1 unspecified atom stereocenters. The topological polar surface area (TPSA) is 86.6 Å². The van der Waals surface area contributed by atoms with Gasteiger partial charge in [-0.15, -0.1) is 0 Å². The molecule has 68 valence electrons. The number of hydrogen-bond acceptors (Lipinski definition) is 4. The fourth-order valence-corrected chi connectivity index (χ4v) is 1.24. The van der Waals surface area contributed by atoms with Gasteiger partial charge in [0.15, 0.2) is 5.78 Å². The predicted octanol–water partition coefficient (Wildman–Crippen LogP) is -1.25. The summed E-state index contributed by atoms with van der Waals surface area (Å²) in [7, 11) is 0. The Hall–Kier alpha value is -0.940. The van der Waals surface area contributed by atoms with E-state index in [0.717, 1.165) is 6.42 Å². The molecule has 3 N–H and O–H groups in total. The average molecular weight is 173 g/mol. The summed E-state index contributed by atoms with van der Waals surface area (Å²) >= 11 is 0. The number of carboxylic acids is 1. The zero-order valence-corrected chi connectivity index (χ0v) is 6.49. The Labute approximate surface area is 69.4 Å². The molecule has 0 bridgehead atoms. The number of nitrogens with one attached hydrogen (secondary N) is 1. The lowest BCUT2D eigenvalue weighted by atomic mass is 10.1. The number of aliphatic hydroxyl groups is 1. The highest BCUT2D eigenvalue weighted by molar-refractivity contribution is 6.03. The largest absolute Gasteiger partial charge is 0.479 e. The molecular weight excluding hydrogens is 162 g/mol. The fourth-order valence-electron chi connectivity index (χ4n) is 1.24. The van der Waals surface area contributed by atoms with Gasteiger partial charge in [0.1, 0.15) is 0 Å². The maximum Gasteiger partial charge on any atom is 0.340 e. The van der Waals surface area contributed by atoms with Crippen LogP contribution < -0.4 is 5.32 Å². The van der Waals surface area contributed by atoms with E-state index < -0.39 is 23.9 Å². The highest BCUT2D eigenvalue weighted by Crippen LogP contribution is 2.07. The van der Waals surface area contributed by atoms with Crippen LogP contribution in [0.25, 0.3) is 0 Å². The van der Waals surface area contributed by atoms with Crippen molar-refractivity contribution in [2.45, 2.75) is 25.0 Å². The van der Waals surface area contributed by atoms with Crippen LogP contribution in [0.1, 0.15) is 12.8 Å². The molecule has 1 heterocycles. The number of Topliss-reactive ketones (excluding diaryl/α,β-unsaturated/α-hetero) is 1. The SMILES string of the molecule is O=C(O)C(O)C(=O)[C@H]1CCCN1. The molecule has 0 amide bonds. The summed E-state index contributed by atoms with van der Waals surface area (Å²) in [5, 5.41) is 20.0. The van der Waals surface area contributed by atoms with Crippen LogP contribution >= 0.6 is 0 Å². The quantitative estimate of drug-likeness (QED) is 0.464. The maximum absolute atomic E-state index is 11.1. The summed E-state index contributed by atoms with van der Waals surface area (Å²) in [6, 6.07) is -0.476. The molecule has 5 heteroatoms. The van der Waals surface area contributed by atoms with E-state index in [1.807, 2.05) is 0 Å². The molecule has 1 aliphatic heterocycles. The van der Waals surface area contributed by atoms with Crippen LogP contribution in [0.15, 0.2) is 0 Å². The molecule has 0 spiro atoms. The molecule has 2 atom stereocenters. The van der Waals surface area contributed by atoms with Gasteiger partial charge in [-0.1, -0.05) is 0 Å². The molecule has 0 radical (unpaired) electrons. The summed E-state index contributed by atoms with van der Waals surface area (Å²) in [6.45, 7) is 0.711. The third-order valence-electron chi connectivity index (χ3n) is 1.91. The number of rotatable bonds is 3. The van der Waals surface area contributed by atoms with Crippen molar-refractivity contribution in [2.24, 2.45) is 0 Å². The molecule has 5 nitrogen and oxygen atoms in total. The van der Waals surface area contributed by atoms with Gasteiger partial charge in [-0.2, -0.15) is 0 Å². The number of carbonyl (C=O) groups is 2. The van der Waals surface area contributed by atoms with Crippen LogP contribution in [0.3, 0.4) is 0 Å². The van der Waals surface area contributed by atoms with E-state index in [1.54, 1.807) is 0 Å². The van der Waals surface area contributed by atoms with Crippen molar-refractivity contribution < 1.29 is 19.8 Å². The second kappa shape index (κ2) is 3.64. The highest BCUT2D eigenvalue weighted by Gasteiger charge is 2.31. The smallest absolute Gasteiger partial charge is 0.340 e. The summed E-state index contributed by atoms with van der Waals surface area (Å²) in [5.41, 5.74) is 0. The average Bonchev–Trinajstić information content (AvgIpc) is 2.53. The van der Waals surface area contributed by atoms with Crippen molar-refractivity contribution in [1.29, 1.82) is 0 Å². The molecule has 0 aromatic rings. The molecular formula is C7H11NO4. The number of aliphatic carboxylic acids is 1. The lowest BCUT2D eigenvalue weighted by molar-refractivity contribution is -0.152. The van der Waals surface area contributed by atoms with Gasteiger partial charge < -0.3 is 15.5 Å². The van der Waals surface area contributed by atoms with Crippen LogP contribution in [0.4, 0.5) is 0 Å². The number of aliphatic hydroxyl groups excluding tert-OH is 1. The first-order chi connectivity index (χ1) is 5.63. The molecule has 0 aromatic heterocycles. The zero-order valence-electron chi connectivity index (χ0n) is 6.49. The van der Waals surface area contributed by atoms with Crippen molar-refractivity contribution >= 4 is 11.8 Å². The van der Waals surface area contributed by atoms with Gasteiger partial charge in [0.05, 0.1) is 6.04 Å². The standard InChI is InChI=1S/C7H11NO4/c9-5(6(10)7(11)12)4-2-1-3-8-4/h4,6,8,10H,1-3H2,(H,11,12)/t4-,6?/m1/s1. The predicted molar refractivity (Wildman–Crippen MR) is 39.7 cm³/mol. The lowest BCUT2D eigenvalue weighted by Crippen LogP contribution is -2.42. The van der Waals surface area contributed by atoms with Crippen LogP contribution in [0, 0.1) is 0 Å². The summed E-state index contributed by atoms with van der Waals surface area (Å²) in [6.07, 6.45) is -0.410. The van der Waals surface area contributed by atoms with Gasteiger partial charge in [-0.25, -0.2) is 4.79 Å². The third-order valence-corrected chi connectivity index (χ3v) is 1.91.